The second-order valence-electron chi connectivity index (χ2n) is 3.78. The van der Waals surface area contributed by atoms with Gasteiger partial charge in [0.05, 0.1) is 17.8 Å². The Morgan fingerprint density at radius 3 is 3.06 bits per heavy atom. The van der Waals surface area contributed by atoms with Gasteiger partial charge < -0.3 is 10.5 Å². The first kappa shape index (κ1) is 9.03. The third kappa shape index (κ3) is 1.20. The number of rotatable bonds is 1. The zero-order valence-corrected chi connectivity index (χ0v) is 8.47. The van der Waals surface area contributed by atoms with Gasteiger partial charge in [-0.25, -0.2) is 4.79 Å². The average Bonchev–Trinajstić information content (AvgIpc) is 2.76. The van der Waals surface area contributed by atoms with E-state index in [0.29, 0.717) is 12.1 Å². The quantitative estimate of drug-likeness (QED) is 0.762. The number of hydrogen-bond donors (Lipinski definition) is 2. The Morgan fingerprint density at radius 1 is 1.38 bits per heavy atom. The molecule has 0 radical (unpaired) electrons. The number of aromatic carboxylic acids is 1. The predicted octanol–water partition coefficient (Wildman–Crippen LogP) is 1.91. The molecular formula is C12H10N2O2. The van der Waals surface area contributed by atoms with Gasteiger partial charge in [0.2, 0.25) is 0 Å². The lowest BCUT2D eigenvalue weighted by molar-refractivity contribution is 0.0697. The van der Waals surface area contributed by atoms with Crippen molar-refractivity contribution < 1.29 is 9.90 Å². The highest BCUT2D eigenvalue weighted by Crippen LogP contribution is 2.28. The Bertz CT molecular complexity index is 572. The lowest BCUT2D eigenvalue weighted by atomic mass is 10.0. The normalized spacial score (nSPS) is 12.5. The summed E-state index contributed by atoms with van der Waals surface area (Å²) in [5.41, 5.74) is 6.70. The second kappa shape index (κ2) is 3.13. The van der Waals surface area contributed by atoms with Crippen LogP contribution in [0.2, 0.25) is 0 Å². The highest BCUT2D eigenvalue weighted by molar-refractivity contribution is 5.89. The van der Waals surface area contributed by atoms with Gasteiger partial charge in [-0.05, 0) is 29.8 Å². The number of carboxylic acid groups (broad SMARTS) is 1. The Morgan fingerprint density at radius 2 is 2.25 bits per heavy atom. The zero-order chi connectivity index (χ0) is 11.1. The molecule has 0 saturated carbocycles. The van der Waals surface area contributed by atoms with Crippen molar-refractivity contribution in [3.05, 3.63) is 47.7 Å². The van der Waals surface area contributed by atoms with Crippen molar-refractivity contribution in [1.82, 2.24) is 4.68 Å². The number of aromatic nitrogens is 1. The van der Waals surface area contributed by atoms with E-state index in [2.05, 4.69) is 5.43 Å². The first-order chi connectivity index (χ1) is 7.75. The van der Waals surface area contributed by atoms with Gasteiger partial charge in [0.25, 0.3) is 0 Å². The topological polar surface area (TPSA) is 54.3 Å². The Balaban J connectivity index is 2.17. The van der Waals surface area contributed by atoms with Crippen LogP contribution in [0.5, 0.6) is 0 Å². The van der Waals surface area contributed by atoms with Gasteiger partial charge in [0, 0.05) is 11.8 Å². The highest BCUT2D eigenvalue weighted by Gasteiger charge is 2.16. The minimum atomic E-state index is -0.885. The first-order valence-electron chi connectivity index (χ1n) is 5.03. The van der Waals surface area contributed by atoms with Gasteiger partial charge in [-0.1, -0.05) is 6.07 Å². The van der Waals surface area contributed by atoms with E-state index in [4.69, 9.17) is 5.11 Å². The number of carboxylic acids is 1. The van der Waals surface area contributed by atoms with E-state index >= 15 is 0 Å². The number of nitrogens with zero attached hydrogens (tertiary/aromatic N) is 1. The van der Waals surface area contributed by atoms with E-state index in [1.165, 1.54) is 0 Å². The molecule has 1 aliphatic rings. The zero-order valence-electron chi connectivity index (χ0n) is 8.47. The molecule has 1 aromatic heterocycles. The Hall–Kier alpha value is -2.23. The van der Waals surface area contributed by atoms with Crippen molar-refractivity contribution in [3.63, 3.8) is 0 Å². The maximum absolute atomic E-state index is 10.9. The molecule has 2 N–H and O–H groups in total. The molecule has 1 aliphatic heterocycles. The van der Waals surface area contributed by atoms with E-state index < -0.39 is 5.97 Å². The van der Waals surface area contributed by atoms with Crippen LogP contribution in [-0.2, 0) is 6.54 Å². The van der Waals surface area contributed by atoms with Crippen molar-refractivity contribution >= 4 is 5.97 Å². The summed E-state index contributed by atoms with van der Waals surface area (Å²) in [6.45, 7) is 0.651. The minimum absolute atomic E-state index is 0.334. The van der Waals surface area contributed by atoms with Gasteiger partial charge in [-0.3, -0.25) is 4.68 Å². The second-order valence-corrected chi connectivity index (χ2v) is 3.78. The van der Waals surface area contributed by atoms with Crippen LogP contribution in [0.1, 0.15) is 15.9 Å². The highest BCUT2D eigenvalue weighted by atomic mass is 16.4. The molecule has 0 fully saturated rings. The maximum atomic E-state index is 10.9. The minimum Gasteiger partial charge on any atom is -0.478 e. The van der Waals surface area contributed by atoms with Crippen molar-refractivity contribution in [2.75, 3.05) is 5.43 Å². The van der Waals surface area contributed by atoms with Crippen LogP contribution in [0.4, 0.5) is 0 Å². The molecule has 3 rings (SSSR count). The number of hydrogen-bond acceptors (Lipinski definition) is 2. The summed E-state index contributed by atoms with van der Waals surface area (Å²) in [6.07, 6.45) is 1.95. The van der Waals surface area contributed by atoms with Crippen molar-refractivity contribution in [1.29, 1.82) is 0 Å². The third-order valence-corrected chi connectivity index (χ3v) is 2.82. The van der Waals surface area contributed by atoms with E-state index in [9.17, 15) is 4.79 Å². The number of carbonyl (C=O) groups is 1. The Labute approximate surface area is 92.1 Å². The molecule has 0 spiro atoms. The van der Waals surface area contributed by atoms with Crippen LogP contribution in [-0.4, -0.2) is 15.8 Å². The fourth-order valence-electron chi connectivity index (χ4n) is 2.03. The van der Waals surface area contributed by atoms with Crippen LogP contribution in [0, 0.1) is 0 Å². The van der Waals surface area contributed by atoms with Crippen LogP contribution in [0.25, 0.3) is 11.3 Å². The van der Waals surface area contributed by atoms with Gasteiger partial charge in [-0.15, -0.1) is 0 Å². The van der Waals surface area contributed by atoms with Gasteiger partial charge in [-0.2, -0.15) is 0 Å². The summed E-state index contributed by atoms with van der Waals surface area (Å²) in [6, 6.07) is 9.20. The molecule has 2 aromatic rings. The third-order valence-electron chi connectivity index (χ3n) is 2.82. The van der Waals surface area contributed by atoms with E-state index in [0.717, 1.165) is 16.8 Å². The molecule has 0 saturated heterocycles. The summed E-state index contributed by atoms with van der Waals surface area (Å²) < 4.78 is 1.95. The molecule has 80 valence electrons. The van der Waals surface area contributed by atoms with Gasteiger partial charge >= 0.3 is 5.97 Å². The van der Waals surface area contributed by atoms with Crippen molar-refractivity contribution in [2.24, 2.45) is 0 Å². The molecule has 0 amide bonds. The molecule has 4 heteroatoms. The maximum Gasteiger partial charge on any atom is 0.335 e. The van der Waals surface area contributed by atoms with Gasteiger partial charge in [0.15, 0.2) is 0 Å². The summed E-state index contributed by atoms with van der Waals surface area (Å²) in [7, 11) is 0. The van der Waals surface area contributed by atoms with E-state index in [1.807, 2.05) is 29.1 Å². The molecule has 1 aromatic carbocycles. The summed E-state index contributed by atoms with van der Waals surface area (Å²) in [5.74, 6) is -0.885. The molecule has 0 aliphatic carbocycles. The number of benzene rings is 1. The van der Waals surface area contributed by atoms with Crippen LogP contribution in [0.3, 0.4) is 0 Å². The molecular weight excluding hydrogens is 204 g/mol. The monoisotopic (exact) mass is 214 g/mol. The van der Waals surface area contributed by atoms with Crippen LogP contribution in [0.15, 0.2) is 36.5 Å². The van der Waals surface area contributed by atoms with Gasteiger partial charge in [0.1, 0.15) is 0 Å². The summed E-state index contributed by atoms with van der Waals surface area (Å²) >= 11 is 0. The smallest absolute Gasteiger partial charge is 0.335 e. The molecule has 16 heavy (non-hydrogen) atoms. The number of nitrogens with one attached hydrogen (secondary N) is 1. The molecule has 0 bridgehead atoms. The summed E-state index contributed by atoms with van der Waals surface area (Å²) in [5, 5.41) is 8.92. The van der Waals surface area contributed by atoms with E-state index in [1.54, 1.807) is 12.1 Å². The SMILES string of the molecule is O=C(O)c1ccc2c(c1)CNn1cccc1-2. The summed E-state index contributed by atoms with van der Waals surface area (Å²) in [4.78, 5) is 10.9. The standard InChI is InChI=1S/C12H10N2O2/c15-12(16)8-3-4-10-9(6-8)7-13-14-5-1-2-11(10)14/h1-6,13H,7H2,(H,15,16). The lowest BCUT2D eigenvalue weighted by Gasteiger charge is -2.21. The molecule has 0 unspecified atom stereocenters. The largest absolute Gasteiger partial charge is 0.478 e. The Kier molecular flexibility index (Phi) is 1.77. The van der Waals surface area contributed by atoms with Crippen LogP contribution < -0.4 is 5.43 Å². The first-order valence-corrected chi connectivity index (χ1v) is 5.03. The predicted molar refractivity (Wildman–Crippen MR) is 59.9 cm³/mol. The molecule has 0 atom stereocenters. The molecule has 4 nitrogen and oxygen atoms in total. The van der Waals surface area contributed by atoms with E-state index in [-0.39, 0.29) is 0 Å². The van der Waals surface area contributed by atoms with Crippen molar-refractivity contribution in [2.45, 2.75) is 6.54 Å². The average molecular weight is 214 g/mol. The molecule has 2 heterocycles. The fraction of sp³-hybridized carbons (Fsp3) is 0.0833. The lowest BCUT2D eigenvalue weighted by Crippen LogP contribution is -2.20. The fourth-order valence-corrected chi connectivity index (χ4v) is 2.03. The van der Waals surface area contributed by atoms with Crippen LogP contribution >= 0.6 is 0 Å². The number of fused-ring (bicyclic) bond motifs is 3. The van der Waals surface area contributed by atoms with Crippen molar-refractivity contribution in [3.8, 4) is 11.3 Å².